The second-order valence-corrected chi connectivity index (χ2v) is 8.04. The second kappa shape index (κ2) is 7.93. The molecule has 0 aliphatic carbocycles. The third kappa shape index (κ3) is 3.12. The van der Waals surface area contributed by atoms with Crippen molar-refractivity contribution in [3.63, 3.8) is 0 Å². The first-order valence-electron chi connectivity index (χ1n) is 10.4. The van der Waals surface area contributed by atoms with Gasteiger partial charge in [0.05, 0.1) is 0 Å². The van der Waals surface area contributed by atoms with Crippen LogP contribution in [-0.2, 0) is 23.8 Å². The van der Waals surface area contributed by atoms with Crippen molar-refractivity contribution in [1.82, 2.24) is 5.32 Å². The molecule has 170 valence electrons. The van der Waals surface area contributed by atoms with Crippen LogP contribution in [0, 0.1) is 0 Å². The van der Waals surface area contributed by atoms with Crippen LogP contribution in [0.1, 0.15) is 37.6 Å². The van der Waals surface area contributed by atoms with Gasteiger partial charge in [0.25, 0.3) is 11.5 Å². The Balaban J connectivity index is 1.68. The summed E-state index contributed by atoms with van der Waals surface area (Å²) in [7, 11) is 0. The maximum atomic E-state index is 13.2. The van der Waals surface area contributed by atoms with Gasteiger partial charge < -0.3 is 29.7 Å². The average Bonchev–Trinajstić information content (AvgIpc) is 3.35. The predicted octanol–water partition coefficient (Wildman–Crippen LogP) is 0.757. The lowest BCUT2D eigenvalue weighted by Gasteiger charge is -2.30. The summed E-state index contributed by atoms with van der Waals surface area (Å²) in [6.07, 6.45) is 0.182. The molecule has 1 spiro atoms. The molecule has 9 heteroatoms. The molecule has 0 saturated carbocycles. The Hall–Kier alpha value is -2.85. The summed E-state index contributed by atoms with van der Waals surface area (Å²) >= 11 is 0. The number of rotatable bonds is 5. The van der Waals surface area contributed by atoms with Crippen LogP contribution in [0.15, 0.2) is 53.8 Å². The highest BCUT2D eigenvalue weighted by Gasteiger charge is 2.73. The van der Waals surface area contributed by atoms with Gasteiger partial charge in [0, 0.05) is 11.1 Å². The van der Waals surface area contributed by atoms with E-state index in [1.807, 2.05) is 13.0 Å². The number of carbonyl (C=O) groups excluding carboxylic acids is 3. The van der Waals surface area contributed by atoms with Crippen LogP contribution >= 0.6 is 0 Å². The van der Waals surface area contributed by atoms with Gasteiger partial charge in [-0.05, 0) is 20.3 Å². The van der Waals surface area contributed by atoms with Gasteiger partial charge in [-0.2, -0.15) is 0 Å². The molecule has 3 N–H and O–H groups in total. The quantitative estimate of drug-likeness (QED) is 0.345. The second-order valence-electron chi connectivity index (χ2n) is 8.04. The summed E-state index contributed by atoms with van der Waals surface area (Å²) in [6.45, 7) is 5.07. The van der Waals surface area contributed by atoms with E-state index in [4.69, 9.17) is 14.2 Å². The number of Topliss-reactive ketones (excluding diaryl/α,β-unsaturated/α-hetero) is 2. The van der Waals surface area contributed by atoms with E-state index in [1.54, 1.807) is 31.2 Å². The van der Waals surface area contributed by atoms with Crippen molar-refractivity contribution in [2.24, 2.45) is 0 Å². The van der Waals surface area contributed by atoms with E-state index in [9.17, 15) is 24.6 Å². The molecule has 3 aliphatic heterocycles. The SMILES string of the molecule is CC/C=C\[C@@H]1O[C@H](C)O[C@@H]1C1=C(C)C(=O)[C@]2(O1)C(=O)N[C@@](O)(C(=O)c1ccccc1)[C@@H]2O. The number of allylic oxidation sites excluding steroid dienone is 1. The van der Waals surface area contributed by atoms with Gasteiger partial charge in [-0.25, -0.2) is 0 Å². The van der Waals surface area contributed by atoms with Crippen LogP contribution in [0.4, 0.5) is 0 Å². The Labute approximate surface area is 184 Å². The molecule has 9 nitrogen and oxygen atoms in total. The Morgan fingerprint density at radius 1 is 1.22 bits per heavy atom. The fraction of sp³-hybridized carbons (Fsp3) is 0.435. The molecule has 1 aromatic rings. The normalized spacial score (nSPS) is 36.9. The molecule has 3 heterocycles. The molecule has 3 aliphatic rings. The molecule has 4 rings (SSSR count). The minimum Gasteiger partial charge on any atom is -0.467 e. The molecule has 0 aromatic heterocycles. The average molecular weight is 443 g/mol. The number of ketones is 2. The first-order valence-corrected chi connectivity index (χ1v) is 10.4. The summed E-state index contributed by atoms with van der Waals surface area (Å²) < 4.78 is 17.3. The lowest BCUT2D eigenvalue weighted by Crippen LogP contribution is -2.59. The smallest absolute Gasteiger partial charge is 0.278 e. The van der Waals surface area contributed by atoms with E-state index in [-0.39, 0.29) is 16.9 Å². The van der Waals surface area contributed by atoms with Crippen molar-refractivity contribution in [3.8, 4) is 0 Å². The number of hydrogen-bond acceptors (Lipinski definition) is 8. The minimum absolute atomic E-state index is 0.0238. The summed E-state index contributed by atoms with van der Waals surface area (Å²) in [4.78, 5) is 39.1. The van der Waals surface area contributed by atoms with Gasteiger partial charge in [0.15, 0.2) is 12.4 Å². The van der Waals surface area contributed by atoms with Crippen LogP contribution in [-0.4, -0.2) is 63.6 Å². The van der Waals surface area contributed by atoms with E-state index in [0.29, 0.717) is 0 Å². The molecule has 2 saturated heterocycles. The number of ether oxygens (including phenoxy) is 3. The Morgan fingerprint density at radius 3 is 2.56 bits per heavy atom. The molecule has 0 radical (unpaired) electrons. The maximum Gasteiger partial charge on any atom is 0.278 e. The van der Waals surface area contributed by atoms with E-state index in [2.05, 4.69) is 5.32 Å². The summed E-state index contributed by atoms with van der Waals surface area (Å²) in [6, 6.07) is 7.65. The largest absolute Gasteiger partial charge is 0.467 e. The lowest BCUT2D eigenvalue weighted by atomic mass is 9.85. The van der Waals surface area contributed by atoms with Gasteiger partial charge in [0.1, 0.15) is 18.0 Å². The number of hydrogen-bond donors (Lipinski definition) is 3. The number of benzene rings is 1. The van der Waals surface area contributed by atoms with E-state index in [1.165, 1.54) is 19.1 Å². The number of amides is 1. The number of aliphatic hydroxyl groups is 2. The van der Waals surface area contributed by atoms with E-state index >= 15 is 0 Å². The molecule has 32 heavy (non-hydrogen) atoms. The Morgan fingerprint density at radius 2 is 1.91 bits per heavy atom. The zero-order valence-corrected chi connectivity index (χ0v) is 17.9. The fourth-order valence-electron chi connectivity index (χ4n) is 4.27. The van der Waals surface area contributed by atoms with Crippen molar-refractivity contribution in [2.45, 2.75) is 63.1 Å². The van der Waals surface area contributed by atoms with Gasteiger partial charge in [-0.15, -0.1) is 0 Å². The van der Waals surface area contributed by atoms with Crippen molar-refractivity contribution in [2.75, 3.05) is 0 Å². The Bertz CT molecular complexity index is 1020. The molecule has 1 amide bonds. The molecule has 6 atom stereocenters. The summed E-state index contributed by atoms with van der Waals surface area (Å²) in [5.74, 6) is -2.90. The van der Waals surface area contributed by atoms with Crippen LogP contribution in [0.5, 0.6) is 0 Å². The van der Waals surface area contributed by atoms with Crippen molar-refractivity contribution in [1.29, 1.82) is 0 Å². The van der Waals surface area contributed by atoms with Gasteiger partial charge in [0.2, 0.25) is 17.3 Å². The summed E-state index contributed by atoms with van der Waals surface area (Å²) in [5, 5.41) is 24.1. The topological polar surface area (TPSA) is 131 Å². The third-order valence-electron chi connectivity index (χ3n) is 5.93. The molecular weight excluding hydrogens is 418 g/mol. The molecule has 0 bridgehead atoms. The van der Waals surface area contributed by atoms with E-state index < -0.39 is 53.4 Å². The molecule has 1 aromatic carbocycles. The lowest BCUT2D eigenvalue weighted by molar-refractivity contribution is -0.160. The highest BCUT2D eigenvalue weighted by atomic mass is 16.7. The van der Waals surface area contributed by atoms with Gasteiger partial charge in [-0.3, -0.25) is 14.4 Å². The number of nitrogens with one attached hydrogen (secondary N) is 1. The minimum atomic E-state index is -2.74. The fourth-order valence-corrected chi connectivity index (χ4v) is 4.27. The monoisotopic (exact) mass is 443 g/mol. The van der Waals surface area contributed by atoms with Crippen LogP contribution in [0.25, 0.3) is 0 Å². The zero-order valence-electron chi connectivity index (χ0n) is 17.9. The highest BCUT2D eigenvalue weighted by Crippen LogP contribution is 2.44. The van der Waals surface area contributed by atoms with Gasteiger partial charge >= 0.3 is 0 Å². The van der Waals surface area contributed by atoms with Crippen LogP contribution in [0.2, 0.25) is 0 Å². The first-order chi connectivity index (χ1) is 15.2. The van der Waals surface area contributed by atoms with Crippen LogP contribution < -0.4 is 5.32 Å². The van der Waals surface area contributed by atoms with Crippen molar-refractivity contribution in [3.05, 3.63) is 59.4 Å². The molecule has 0 unspecified atom stereocenters. The predicted molar refractivity (Wildman–Crippen MR) is 110 cm³/mol. The number of aliphatic hydroxyl groups excluding tert-OH is 1. The molecular formula is C23H25NO8. The maximum absolute atomic E-state index is 13.2. The van der Waals surface area contributed by atoms with Crippen molar-refractivity contribution < 1.29 is 38.8 Å². The zero-order chi connectivity index (χ0) is 23.3. The first kappa shape index (κ1) is 22.3. The molecule has 2 fully saturated rings. The van der Waals surface area contributed by atoms with E-state index in [0.717, 1.165) is 6.42 Å². The van der Waals surface area contributed by atoms with Gasteiger partial charge in [-0.1, -0.05) is 49.4 Å². The Kier molecular flexibility index (Phi) is 5.54. The third-order valence-corrected chi connectivity index (χ3v) is 5.93. The van der Waals surface area contributed by atoms with Crippen LogP contribution in [0.3, 0.4) is 0 Å². The number of carbonyl (C=O) groups is 3. The van der Waals surface area contributed by atoms with Crippen molar-refractivity contribution >= 4 is 17.5 Å². The standard InChI is InChI=1S/C23H25NO8/c1-4-5-11-15-17(31-13(3)30-15)16-12(2)18(25)22(32-16)20(27)23(29,24-21(22)28)19(26)14-9-7-6-8-10-14/h5-11,13,15,17,20,27,29H,4H2,1-3H3,(H,24,28)/b11-5-/t13-,15-,17-,20+,22+,23+/m0/s1. The summed E-state index contributed by atoms with van der Waals surface area (Å²) in [5.41, 5.74) is -5.15. The highest BCUT2D eigenvalue weighted by molar-refractivity contribution is 6.23.